The van der Waals surface area contributed by atoms with Gasteiger partial charge < -0.3 is 25.2 Å². The average Bonchev–Trinajstić information content (AvgIpc) is 2.66. The zero-order valence-corrected chi connectivity index (χ0v) is 8.80. The Kier molecular flexibility index (Phi) is 3.99. The molecule has 1 aromatic rings. The van der Waals surface area contributed by atoms with Crippen LogP contribution in [0.1, 0.15) is 23.2 Å². The van der Waals surface area contributed by atoms with E-state index in [-0.39, 0.29) is 25.4 Å². The van der Waals surface area contributed by atoms with E-state index in [1.54, 1.807) is 0 Å². The summed E-state index contributed by atoms with van der Waals surface area (Å²) >= 11 is 0. The van der Waals surface area contributed by atoms with Gasteiger partial charge >= 0.3 is 5.97 Å². The van der Waals surface area contributed by atoms with E-state index in [2.05, 4.69) is 10.5 Å². The van der Waals surface area contributed by atoms with Crippen LogP contribution in [-0.4, -0.2) is 45.2 Å². The molecular weight excluding hydrogens is 216 g/mol. The van der Waals surface area contributed by atoms with Gasteiger partial charge in [0.1, 0.15) is 0 Å². The maximum absolute atomic E-state index is 10.5. The number of carbonyl (C=O) groups is 1. The summed E-state index contributed by atoms with van der Waals surface area (Å²) in [6.07, 6.45) is 0. The molecule has 0 aliphatic heterocycles. The molecule has 1 unspecified atom stereocenters. The van der Waals surface area contributed by atoms with E-state index in [4.69, 9.17) is 14.7 Å². The van der Waals surface area contributed by atoms with Gasteiger partial charge in [0.15, 0.2) is 11.5 Å². The van der Waals surface area contributed by atoms with Gasteiger partial charge in [0.05, 0.1) is 18.8 Å². The van der Waals surface area contributed by atoms with Crippen LogP contribution in [0.3, 0.4) is 0 Å². The van der Waals surface area contributed by atoms with Crippen LogP contribution in [0.5, 0.6) is 0 Å². The van der Waals surface area contributed by atoms with Gasteiger partial charge in [0.2, 0.25) is 0 Å². The molecule has 0 fully saturated rings. The minimum Gasteiger partial charge on any atom is -0.476 e. The number of aliphatic hydroxyl groups excluding tert-OH is 1. The molecule has 0 bridgehead atoms. The molecule has 0 aliphatic rings. The van der Waals surface area contributed by atoms with Crippen LogP contribution in [0.25, 0.3) is 0 Å². The zero-order chi connectivity index (χ0) is 12.2. The topological polar surface area (TPSA) is 116 Å². The first kappa shape index (κ1) is 12.6. The number of hydrogen-bond donors (Lipinski definition) is 4. The first-order valence-electron chi connectivity index (χ1n) is 4.67. The molecule has 0 saturated carbocycles. The second kappa shape index (κ2) is 5.06. The van der Waals surface area contributed by atoms with Crippen LogP contribution in [0.4, 0.5) is 0 Å². The highest BCUT2D eigenvalue weighted by molar-refractivity contribution is 5.85. The monoisotopic (exact) mass is 230 g/mol. The van der Waals surface area contributed by atoms with Crippen molar-refractivity contribution in [3.63, 3.8) is 0 Å². The van der Waals surface area contributed by atoms with Crippen molar-refractivity contribution < 1.29 is 24.6 Å². The van der Waals surface area contributed by atoms with E-state index in [0.717, 1.165) is 0 Å². The largest absolute Gasteiger partial charge is 0.476 e. The first-order chi connectivity index (χ1) is 7.44. The SMILES string of the molecule is CC(O)(CO)CNCc1cc(C(=O)O)no1. The van der Waals surface area contributed by atoms with Crippen LogP contribution in [0.2, 0.25) is 0 Å². The molecule has 0 saturated heterocycles. The van der Waals surface area contributed by atoms with Crippen molar-refractivity contribution in [2.45, 2.75) is 19.1 Å². The second-order valence-electron chi connectivity index (χ2n) is 3.74. The van der Waals surface area contributed by atoms with Crippen molar-refractivity contribution in [3.8, 4) is 0 Å². The molecule has 1 rings (SSSR count). The van der Waals surface area contributed by atoms with E-state index in [1.165, 1.54) is 13.0 Å². The third kappa shape index (κ3) is 3.61. The molecular formula is C9H14N2O5. The number of aromatic carboxylic acids is 1. The van der Waals surface area contributed by atoms with E-state index in [9.17, 15) is 9.90 Å². The van der Waals surface area contributed by atoms with Gasteiger partial charge in [-0.05, 0) is 6.92 Å². The van der Waals surface area contributed by atoms with Crippen LogP contribution in [0.15, 0.2) is 10.6 Å². The van der Waals surface area contributed by atoms with Crippen molar-refractivity contribution in [1.82, 2.24) is 10.5 Å². The van der Waals surface area contributed by atoms with Gasteiger partial charge in [-0.1, -0.05) is 5.16 Å². The fourth-order valence-corrected chi connectivity index (χ4v) is 1.01. The Hall–Kier alpha value is -1.44. The smallest absolute Gasteiger partial charge is 0.358 e. The van der Waals surface area contributed by atoms with Gasteiger partial charge in [0.25, 0.3) is 0 Å². The minimum absolute atomic E-state index is 0.159. The van der Waals surface area contributed by atoms with Crippen LogP contribution < -0.4 is 5.32 Å². The van der Waals surface area contributed by atoms with Crippen LogP contribution in [-0.2, 0) is 6.54 Å². The third-order valence-electron chi connectivity index (χ3n) is 1.92. The quantitative estimate of drug-likeness (QED) is 0.506. The van der Waals surface area contributed by atoms with E-state index in [0.29, 0.717) is 5.76 Å². The van der Waals surface area contributed by atoms with Gasteiger partial charge in [-0.15, -0.1) is 0 Å². The number of rotatable bonds is 6. The summed E-state index contributed by atoms with van der Waals surface area (Å²) < 4.78 is 4.74. The standard InChI is InChI=1S/C9H14N2O5/c1-9(15,5-12)4-10-3-6-2-7(8(13)14)11-16-6/h2,10,12,15H,3-5H2,1H3,(H,13,14). The Labute approximate surface area is 91.7 Å². The van der Waals surface area contributed by atoms with Gasteiger partial charge in [-0.3, -0.25) is 0 Å². The van der Waals surface area contributed by atoms with Crippen LogP contribution in [0, 0.1) is 0 Å². The number of aromatic nitrogens is 1. The molecule has 1 heterocycles. The van der Waals surface area contributed by atoms with E-state index < -0.39 is 11.6 Å². The Morgan fingerprint density at radius 3 is 2.88 bits per heavy atom. The van der Waals surface area contributed by atoms with Gasteiger partial charge in [-0.25, -0.2) is 4.79 Å². The number of nitrogens with one attached hydrogen (secondary N) is 1. The summed E-state index contributed by atoms with van der Waals surface area (Å²) in [7, 11) is 0. The van der Waals surface area contributed by atoms with Crippen LogP contribution >= 0.6 is 0 Å². The van der Waals surface area contributed by atoms with E-state index >= 15 is 0 Å². The highest BCUT2D eigenvalue weighted by Gasteiger charge is 2.18. The summed E-state index contributed by atoms with van der Waals surface area (Å²) in [6.45, 7) is 1.50. The number of nitrogens with zero attached hydrogens (tertiary/aromatic N) is 1. The third-order valence-corrected chi connectivity index (χ3v) is 1.92. The summed E-state index contributed by atoms with van der Waals surface area (Å²) in [5, 5.41) is 32.9. The second-order valence-corrected chi connectivity index (χ2v) is 3.74. The fraction of sp³-hybridized carbons (Fsp3) is 0.556. The molecule has 0 spiro atoms. The van der Waals surface area contributed by atoms with Crippen molar-refractivity contribution in [1.29, 1.82) is 0 Å². The minimum atomic E-state index is -1.21. The lowest BCUT2D eigenvalue weighted by Gasteiger charge is -2.19. The molecule has 7 nitrogen and oxygen atoms in total. The van der Waals surface area contributed by atoms with Gasteiger partial charge in [-0.2, -0.15) is 0 Å². The predicted octanol–water partition coefficient (Wildman–Crippen LogP) is -0.794. The van der Waals surface area contributed by atoms with Crippen molar-refractivity contribution in [2.75, 3.05) is 13.2 Å². The van der Waals surface area contributed by atoms with Crippen molar-refractivity contribution in [3.05, 3.63) is 17.5 Å². The molecule has 7 heteroatoms. The summed E-state index contributed by atoms with van der Waals surface area (Å²) in [4.78, 5) is 10.5. The van der Waals surface area contributed by atoms with Crippen molar-refractivity contribution in [2.24, 2.45) is 0 Å². The highest BCUT2D eigenvalue weighted by atomic mass is 16.5. The molecule has 1 aromatic heterocycles. The number of carboxylic acids is 1. The molecule has 1 atom stereocenters. The fourth-order valence-electron chi connectivity index (χ4n) is 1.01. The maximum Gasteiger partial charge on any atom is 0.358 e. The Morgan fingerprint density at radius 2 is 2.38 bits per heavy atom. The first-order valence-corrected chi connectivity index (χ1v) is 4.67. The molecule has 0 aliphatic carbocycles. The summed E-state index contributed by atoms with van der Waals surface area (Å²) in [5.74, 6) is -0.802. The number of hydrogen-bond acceptors (Lipinski definition) is 6. The highest BCUT2D eigenvalue weighted by Crippen LogP contribution is 2.04. The Bertz CT molecular complexity index is 361. The number of aliphatic hydroxyl groups is 2. The lowest BCUT2D eigenvalue weighted by atomic mass is 10.1. The molecule has 16 heavy (non-hydrogen) atoms. The number of carboxylic acid groups (broad SMARTS) is 1. The van der Waals surface area contributed by atoms with E-state index in [1.807, 2.05) is 0 Å². The Balaban J connectivity index is 2.40. The molecule has 4 N–H and O–H groups in total. The Morgan fingerprint density at radius 1 is 1.69 bits per heavy atom. The lowest BCUT2D eigenvalue weighted by Crippen LogP contribution is -2.40. The molecule has 0 radical (unpaired) electrons. The normalized spacial score (nSPS) is 14.7. The lowest BCUT2D eigenvalue weighted by molar-refractivity contribution is 0.00220. The zero-order valence-electron chi connectivity index (χ0n) is 8.80. The van der Waals surface area contributed by atoms with Crippen molar-refractivity contribution >= 4 is 5.97 Å². The maximum atomic E-state index is 10.5. The average molecular weight is 230 g/mol. The predicted molar refractivity (Wildman–Crippen MR) is 52.9 cm³/mol. The van der Waals surface area contributed by atoms with Gasteiger partial charge in [0, 0.05) is 12.6 Å². The molecule has 0 aromatic carbocycles. The molecule has 0 amide bonds. The molecule has 90 valence electrons. The summed E-state index contributed by atoms with van der Waals surface area (Å²) in [5.41, 5.74) is -1.37. The summed E-state index contributed by atoms with van der Waals surface area (Å²) in [6, 6.07) is 1.29.